The van der Waals surface area contributed by atoms with E-state index in [0.29, 0.717) is 5.69 Å². The van der Waals surface area contributed by atoms with Crippen molar-refractivity contribution >= 4 is 17.5 Å². The SMILES string of the molecule is Cc1ccc(C(=O)NCc2ccccc2OC(F)(F)F)cc1NC(=O)c1ccco1. The van der Waals surface area contributed by atoms with Gasteiger partial charge in [-0.3, -0.25) is 9.59 Å². The van der Waals surface area contributed by atoms with Crippen molar-refractivity contribution in [3.05, 3.63) is 83.3 Å². The standard InChI is InChI=1S/C21H17F3N2O4/c1-13-8-9-14(11-16(13)26-20(28)18-7-4-10-29-18)19(27)25-12-15-5-2-3-6-17(15)30-21(22,23)24/h2-11H,12H2,1H3,(H,25,27)(H,26,28). The van der Waals surface area contributed by atoms with E-state index in [1.54, 1.807) is 31.2 Å². The predicted octanol–water partition coefficient (Wildman–Crippen LogP) is 4.67. The molecule has 0 atom stereocenters. The quantitative estimate of drug-likeness (QED) is 0.610. The third-order valence-electron chi connectivity index (χ3n) is 4.13. The Morgan fingerprint density at radius 3 is 2.50 bits per heavy atom. The number of para-hydroxylation sites is 1. The fraction of sp³-hybridized carbons (Fsp3) is 0.143. The second-order valence-corrected chi connectivity index (χ2v) is 6.30. The van der Waals surface area contributed by atoms with Gasteiger partial charge in [0.05, 0.1) is 6.26 Å². The number of amides is 2. The molecule has 0 saturated carbocycles. The number of carbonyl (C=O) groups excluding carboxylic acids is 2. The van der Waals surface area contributed by atoms with Crippen LogP contribution in [0.5, 0.6) is 5.75 Å². The second-order valence-electron chi connectivity index (χ2n) is 6.30. The summed E-state index contributed by atoms with van der Waals surface area (Å²) in [5.74, 6) is -1.27. The molecule has 2 N–H and O–H groups in total. The molecule has 1 aromatic heterocycles. The lowest BCUT2D eigenvalue weighted by Crippen LogP contribution is -2.24. The molecule has 0 fully saturated rings. The van der Waals surface area contributed by atoms with Crippen LogP contribution in [-0.4, -0.2) is 18.2 Å². The molecule has 3 rings (SSSR count). The number of rotatable bonds is 6. The average Bonchev–Trinajstić information content (AvgIpc) is 3.22. The van der Waals surface area contributed by atoms with Gasteiger partial charge in [-0.15, -0.1) is 13.2 Å². The van der Waals surface area contributed by atoms with E-state index >= 15 is 0 Å². The highest BCUT2D eigenvalue weighted by molar-refractivity contribution is 6.03. The molecule has 156 valence electrons. The van der Waals surface area contributed by atoms with Gasteiger partial charge in [-0.05, 0) is 42.8 Å². The van der Waals surface area contributed by atoms with Gasteiger partial charge in [0.1, 0.15) is 5.75 Å². The Balaban J connectivity index is 1.70. The summed E-state index contributed by atoms with van der Waals surface area (Å²) in [6.07, 6.45) is -3.47. The van der Waals surface area contributed by atoms with Crippen LogP contribution in [0.1, 0.15) is 32.0 Å². The molecule has 0 saturated heterocycles. The summed E-state index contributed by atoms with van der Waals surface area (Å²) in [5, 5.41) is 5.21. The van der Waals surface area contributed by atoms with Crippen LogP contribution in [0, 0.1) is 6.92 Å². The molecule has 0 unspecified atom stereocenters. The van der Waals surface area contributed by atoms with Gasteiger partial charge in [0, 0.05) is 23.4 Å². The zero-order chi connectivity index (χ0) is 21.7. The fourth-order valence-electron chi connectivity index (χ4n) is 2.64. The molecule has 0 aliphatic rings. The Morgan fingerprint density at radius 2 is 1.80 bits per heavy atom. The number of furan rings is 1. The zero-order valence-corrected chi connectivity index (χ0v) is 15.7. The maximum atomic E-state index is 12.5. The molecule has 3 aromatic rings. The van der Waals surface area contributed by atoms with E-state index in [0.717, 1.165) is 5.56 Å². The van der Waals surface area contributed by atoms with Crippen molar-refractivity contribution in [1.29, 1.82) is 0 Å². The normalized spacial score (nSPS) is 11.1. The molecule has 0 aliphatic heterocycles. The van der Waals surface area contributed by atoms with Gasteiger partial charge >= 0.3 is 6.36 Å². The first-order chi connectivity index (χ1) is 14.2. The van der Waals surface area contributed by atoms with Crippen molar-refractivity contribution in [3.63, 3.8) is 0 Å². The summed E-state index contributed by atoms with van der Waals surface area (Å²) in [7, 11) is 0. The molecule has 30 heavy (non-hydrogen) atoms. The first-order valence-electron chi connectivity index (χ1n) is 8.80. The number of nitrogens with one attached hydrogen (secondary N) is 2. The van der Waals surface area contributed by atoms with Crippen molar-refractivity contribution in [2.75, 3.05) is 5.32 Å². The minimum Gasteiger partial charge on any atom is -0.459 e. The summed E-state index contributed by atoms with van der Waals surface area (Å²) < 4.78 is 46.6. The minimum absolute atomic E-state index is 0.116. The number of anilines is 1. The largest absolute Gasteiger partial charge is 0.573 e. The van der Waals surface area contributed by atoms with Gasteiger partial charge in [-0.25, -0.2) is 0 Å². The summed E-state index contributed by atoms with van der Waals surface area (Å²) in [4.78, 5) is 24.6. The topological polar surface area (TPSA) is 80.6 Å². The van der Waals surface area contributed by atoms with E-state index in [1.165, 1.54) is 36.6 Å². The van der Waals surface area contributed by atoms with Crippen LogP contribution in [0.25, 0.3) is 0 Å². The molecule has 2 amide bonds. The predicted molar refractivity (Wildman–Crippen MR) is 102 cm³/mol. The van der Waals surface area contributed by atoms with Crippen LogP contribution in [0.3, 0.4) is 0 Å². The maximum Gasteiger partial charge on any atom is 0.573 e. The third-order valence-corrected chi connectivity index (χ3v) is 4.13. The Kier molecular flexibility index (Phi) is 6.10. The highest BCUT2D eigenvalue weighted by Crippen LogP contribution is 2.26. The molecule has 0 spiro atoms. The monoisotopic (exact) mass is 418 g/mol. The number of hydrogen-bond acceptors (Lipinski definition) is 4. The Hall–Kier alpha value is -3.75. The lowest BCUT2D eigenvalue weighted by molar-refractivity contribution is -0.274. The van der Waals surface area contributed by atoms with E-state index in [4.69, 9.17) is 4.42 Å². The maximum absolute atomic E-state index is 12.5. The van der Waals surface area contributed by atoms with Crippen LogP contribution in [0.4, 0.5) is 18.9 Å². The molecule has 0 aliphatic carbocycles. The molecule has 2 aromatic carbocycles. The van der Waals surface area contributed by atoms with Crippen molar-refractivity contribution < 1.29 is 31.9 Å². The first kappa shape index (κ1) is 21.0. The molecular weight excluding hydrogens is 401 g/mol. The summed E-state index contributed by atoms with van der Waals surface area (Å²) in [6.45, 7) is 1.58. The van der Waals surface area contributed by atoms with Gasteiger partial charge in [0.15, 0.2) is 5.76 Å². The van der Waals surface area contributed by atoms with Crippen molar-refractivity contribution in [2.45, 2.75) is 19.8 Å². The number of aryl methyl sites for hydroxylation is 1. The number of hydrogen-bond donors (Lipinski definition) is 2. The molecule has 6 nitrogen and oxygen atoms in total. The van der Waals surface area contributed by atoms with Crippen LogP contribution in [0.2, 0.25) is 0 Å². The molecule has 1 heterocycles. The van der Waals surface area contributed by atoms with Crippen LogP contribution in [-0.2, 0) is 6.54 Å². The fourth-order valence-corrected chi connectivity index (χ4v) is 2.64. The van der Waals surface area contributed by atoms with Crippen molar-refractivity contribution in [3.8, 4) is 5.75 Å². The zero-order valence-electron chi connectivity index (χ0n) is 15.7. The van der Waals surface area contributed by atoms with E-state index in [2.05, 4.69) is 15.4 Å². The Morgan fingerprint density at radius 1 is 1.03 bits per heavy atom. The van der Waals surface area contributed by atoms with Crippen LogP contribution in [0.15, 0.2) is 65.3 Å². The smallest absolute Gasteiger partial charge is 0.459 e. The molecule has 0 bridgehead atoms. The minimum atomic E-state index is -4.84. The lowest BCUT2D eigenvalue weighted by atomic mass is 10.1. The van der Waals surface area contributed by atoms with E-state index in [1.807, 2.05) is 0 Å². The number of alkyl halides is 3. The number of ether oxygens (including phenoxy) is 1. The van der Waals surface area contributed by atoms with Gasteiger partial charge in [0.25, 0.3) is 11.8 Å². The average molecular weight is 418 g/mol. The van der Waals surface area contributed by atoms with Gasteiger partial charge < -0.3 is 19.8 Å². The summed E-state index contributed by atoms with van der Waals surface area (Å²) in [6, 6.07) is 13.3. The van der Waals surface area contributed by atoms with E-state index in [9.17, 15) is 22.8 Å². The molecular formula is C21H17F3N2O4. The van der Waals surface area contributed by atoms with Crippen molar-refractivity contribution in [2.24, 2.45) is 0 Å². The number of benzene rings is 2. The lowest BCUT2D eigenvalue weighted by Gasteiger charge is -2.14. The molecule has 9 heteroatoms. The Labute approximate surface area is 169 Å². The summed E-state index contributed by atoms with van der Waals surface area (Å²) >= 11 is 0. The van der Waals surface area contributed by atoms with Crippen LogP contribution >= 0.6 is 0 Å². The number of halogens is 3. The second kappa shape index (κ2) is 8.73. The highest BCUT2D eigenvalue weighted by atomic mass is 19.4. The van der Waals surface area contributed by atoms with Crippen molar-refractivity contribution in [1.82, 2.24) is 5.32 Å². The Bertz CT molecular complexity index is 1050. The van der Waals surface area contributed by atoms with Gasteiger partial charge in [-0.2, -0.15) is 0 Å². The van der Waals surface area contributed by atoms with Gasteiger partial charge in [0.2, 0.25) is 0 Å². The highest BCUT2D eigenvalue weighted by Gasteiger charge is 2.32. The first-order valence-corrected chi connectivity index (χ1v) is 8.80. The van der Waals surface area contributed by atoms with Gasteiger partial charge in [-0.1, -0.05) is 24.3 Å². The van der Waals surface area contributed by atoms with E-state index < -0.39 is 18.2 Å². The number of carbonyl (C=O) groups is 2. The van der Waals surface area contributed by atoms with Crippen LogP contribution < -0.4 is 15.4 Å². The third kappa shape index (κ3) is 5.40. The summed E-state index contributed by atoms with van der Waals surface area (Å²) in [5.41, 5.74) is 1.52. The van der Waals surface area contributed by atoms with E-state index in [-0.39, 0.29) is 29.2 Å². The molecule has 0 radical (unpaired) electrons.